The van der Waals surface area contributed by atoms with Crippen molar-refractivity contribution in [3.05, 3.63) is 86.5 Å². The smallest absolute Gasteiger partial charge is 0.416 e. The zero-order valence-electron chi connectivity index (χ0n) is 18.3. The zero-order valence-corrected chi connectivity index (χ0v) is 18.3. The SMILES string of the molecule is CC1=C(C(=O)O)[C@@H](c2ccc(C#N)cc2C(C)O)n2c(n[nH]c2=O)N1c1cccc(C(F)(F)F)c1. The number of carbonyl (C=O) groups is 1. The summed E-state index contributed by atoms with van der Waals surface area (Å²) < 4.78 is 41.1. The molecule has 4 rings (SSSR count). The van der Waals surface area contributed by atoms with E-state index in [9.17, 15) is 38.2 Å². The molecule has 0 bridgehead atoms. The normalized spacial score (nSPS) is 16.6. The maximum absolute atomic E-state index is 13.4. The van der Waals surface area contributed by atoms with E-state index < -0.39 is 35.5 Å². The van der Waals surface area contributed by atoms with Crippen molar-refractivity contribution < 1.29 is 28.2 Å². The van der Waals surface area contributed by atoms with Crippen LogP contribution in [0.25, 0.3) is 0 Å². The fourth-order valence-corrected chi connectivity index (χ4v) is 4.24. The summed E-state index contributed by atoms with van der Waals surface area (Å²) in [5.74, 6) is -1.56. The van der Waals surface area contributed by atoms with Gasteiger partial charge in [0.1, 0.15) is 6.04 Å². The van der Waals surface area contributed by atoms with E-state index >= 15 is 0 Å². The third-order valence-corrected chi connectivity index (χ3v) is 5.77. The number of hydrogen-bond acceptors (Lipinski definition) is 6. The first-order valence-corrected chi connectivity index (χ1v) is 10.3. The lowest BCUT2D eigenvalue weighted by Crippen LogP contribution is -2.37. The molecule has 1 aromatic heterocycles. The molecule has 3 aromatic rings. The number of carboxylic acids is 1. The molecule has 2 atom stereocenters. The molecule has 1 unspecified atom stereocenters. The van der Waals surface area contributed by atoms with Gasteiger partial charge in [-0.2, -0.15) is 18.4 Å². The first-order valence-electron chi connectivity index (χ1n) is 10.3. The number of fused-ring (bicyclic) bond motifs is 1. The highest BCUT2D eigenvalue weighted by Gasteiger charge is 2.40. The Labute approximate surface area is 196 Å². The van der Waals surface area contributed by atoms with Crippen molar-refractivity contribution in [1.82, 2.24) is 14.8 Å². The lowest BCUT2D eigenvalue weighted by Gasteiger charge is -2.36. The molecule has 0 saturated heterocycles. The van der Waals surface area contributed by atoms with Crippen LogP contribution in [-0.2, 0) is 11.0 Å². The standard InChI is InChI=1S/C23H18F3N5O4/c1-11-18(20(33)34)19(16-7-6-13(10-27)8-17(16)12(2)32)31-21(28-29-22(31)35)30(11)15-5-3-4-14(9-15)23(24,25)26/h3-9,12,19,32H,1-2H3,(H,29,35)(H,33,34)/t12?,19-/m1/s1. The minimum absolute atomic E-state index is 0.0224. The first kappa shape index (κ1) is 23.8. The zero-order chi connectivity index (χ0) is 25.7. The number of rotatable bonds is 4. The lowest BCUT2D eigenvalue weighted by molar-refractivity contribution is -0.137. The summed E-state index contributed by atoms with van der Waals surface area (Å²) >= 11 is 0. The van der Waals surface area contributed by atoms with Crippen LogP contribution in [0.4, 0.5) is 24.8 Å². The van der Waals surface area contributed by atoms with Crippen LogP contribution in [0.5, 0.6) is 0 Å². The Morgan fingerprint density at radius 2 is 1.97 bits per heavy atom. The summed E-state index contributed by atoms with van der Waals surface area (Å²) in [4.78, 5) is 26.5. The van der Waals surface area contributed by atoms with E-state index in [2.05, 4.69) is 10.2 Å². The fraction of sp³-hybridized carbons (Fsp3) is 0.217. The number of H-pyrrole nitrogens is 1. The number of benzene rings is 2. The van der Waals surface area contributed by atoms with Crippen LogP contribution < -0.4 is 10.6 Å². The van der Waals surface area contributed by atoms with Gasteiger partial charge in [0, 0.05) is 11.4 Å². The molecule has 1 aliphatic heterocycles. The summed E-state index contributed by atoms with van der Waals surface area (Å²) in [7, 11) is 0. The highest BCUT2D eigenvalue weighted by molar-refractivity contribution is 5.92. The van der Waals surface area contributed by atoms with E-state index in [0.29, 0.717) is 0 Å². The average Bonchev–Trinajstić information content (AvgIpc) is 3.18. The van der Waals surface area contributed by atoms with Gasteiger partial charge >= 0.3 is 17.8 Å². The highest BCUT2D eigenvalue weighted by atomic mass is 19.4. The molecular weight excluding hydrogens is 467 g/mol. The Kier molecular flexibility index (Phi) is 5.74. The van der Waals surface area contributed by atoms with E-state index in [1.54, 1.807) is 0 Å². The summed E-state index contributed by atoms with van der Waals surface area (Å²) in [6, 6.07) is 9.10. The van der Waals surface area contributed by atoms with Crippen molar-refractivity contribution in [2.75, 3.05) is 4.90 Å². The molecule has 2 heterocycles. The number of nitrogens with zero attached hydrogens (tertiary/aromatic N) is 4. The second-order valence-electron chi connectivity index (χ2n) is 7.92. The summed E-state index contributed by atoms with van der Waals surface area (Å²) in [5.41, 5.74) is -1.46. The largest absolute Gasteiger partial charge is 0.478 e. The number of alkyl halides is 3. The van der Waals surface area contributed by atoms with Crippen LogP contribution in [0.15, 0.2) is 58.5 Å². The van der Waals surface area contributed by atoms with Gasteiger partial charge in [-0.15, -0.1) is 5.10 Å². The topological polar surface area (TPSA) is 135 Å². The molecule has 0 spiro atoms. The quantitative estimate of drug-likeness (QED) is 0.514. The lowest BCUT2D eigenvalue weighted by atomic mass is 9.88. The van der Waals surface area contributed by atoms with Crippen molar-refractivity contribution in [2.24, 2.45) is 0 Å². The van der Waals surface area contributed by atoms with E-state index in [4.69, 9.17) is 0 Å². The maximum atomic E-state index is 13.4. The Balaban J connectivity index is 2.03. The molecule has 3 N–H and O–H groups in total. The van der Waals surface area contributed by atoms with E-state index in [0.717, 1.165) is 21.6 Å². The monoisotopic (exact) mass is 485 g/mol. The van der Waals surface area contributed by atoms with Gasteiger partial charge in [-0.1, -0.05) is 12.1 Å². The second-order valence-corrected chi connectivity index (χ2v) is 7.92. The number of aliphatic carboxylic acids is 1. The second kappa shape index (κ2) is 8.44. The highest BCUT2D eigenvalue weighted by Crippen LogP contribution is 2.43. The number of nitriles is 1. The third-order valence-electron chi connectivity index (χ3n) is 5.77. The molecule has 35 heavy (non-hydrogen) atoms. The van der Waals surface area contributed by atoms with Crippen LogP contribution in [0.2, 0.25) is 0 Å². The summed E-state index contributed by atoms with van der Waals surface area (Å²) in [5, 5.41) is 35.9. The Bertz CT molecular complexity index is 1460. The number of halogens is 3. The number of aliphatic hydroxyl groups excluding tert-OH is 1. The van der Waals surface area contributed by atoms with Crippen molar-refractivity contribution >= 4 is 17.6 Å². The molecule has 9 nitrogen and oxygen atoms in total. The van der Waals surface area contributed by atoms with Crippen LogP contribution in [0, 0.1) is 11.3 Å². The van der Waals surface area contributed by atoms with Gasteiger partial charge < -0.3 is 10.2 Å². The van der Waals surface area contributed by atoms with E-state index in [1.165, 1.54) is 44.2 Å². The first-order chi connectivity index (χ1) is 16.5. The van der Waals surface area contributed by atoms with Gasteiger partial charge in [0.05, 0.1) is 28.9 Å². The molecule has 2 aromatic carbocycles. The number of carboxylic acid groups (broad SMARTS) is 1. The fourth-order valence-electron chi connectivity index (χ4n) is 4.24. The number of aromatic amines is 1. The molecule has 0 fully saturated rings. The predicted molar refractivity (Wildman–Crippen MR) is 117 cm³/mol. The van der Waals surface area contributed by atoms with Crippen LogP contribution in [0.1, 0.15) is 48.2 Å². The molecule has 0 saturated carbocycles. The maximum Gasteiger partial charge on any atom is 0.416 e. The van der Waals surface area contributed by atoms with Crippen molar-refractivity contribution in [2.45, 2.75) is 32.2 Å². The molecule has 0 aliphatic carbocycles. The Hall–Kier alpha value is -4.37. The number of allylic oxidation sites excluding steroid dienone is 1. The molecular formula is C23H18F3N5O4. The van der Waals surface area contributed by atoms with E-state index in [1.807, 2.05) is 6.07 Å². The Morgan fingerprint density at radius 3 is 2.57 bits per heavy atom. The number of nitrogens with one attached hydrogen (secondary N) is 1. The van der Waals surface area contributed by atoms with Gasteiger partial charge in [-0.25, -0.2) is 19.3 Å². The molecule has 180 valence electrons. The molecule has 1 aliphatic rings. The number of aromatic nitrogens is 3. The van der Waals surface area contributed by atoms with Crippen molar-refractivity contribution in [3.63, 3.8) is 0 Å². The number of aliphatic hydroxyl groups is 1. The van der Waals surface area contributed by atoms with Gasteiger partial charge in [0.15, 0.2) is 0 Å². The molecule has 12 heteroatoms. The Morgan fingerprint density at radius 1 is 1.26 bits per heavy atom. The van der Waals surface area contributed by atoms with Crippen molar-refractivity contribution in [3.8, 4) is 6.07 Å². The van der Waals surface area contributed by atoms with Gasteiger partial charge in [-0.05, 0) is 55.3 Å². The van der Waals surface area contributed by atoms with Crippen LogP contribution >= 0.6 is 0 Å². The molecule has 0 radical (unpaired) electrons. The number of hydrogen-bond donors (Lipinski definition) is 3. The number of anilines is 2. The molecule has 0 amide bonds. The van der Waals surface area contributed by atoms with Gasteiger partial charge in [0.2, 0.25) is 5.95 Å². The van der Waals surface area contributed by atoms with Gasteiger partial charge in [-0.3, -0.25) is 4.90 Å². The predicted octanol–water partition coefficient (Wildman–Crippen LogP) is 3.61. The van der Waals surface area contributed by atoms with E-state index in [-0.39, 0.29) is 39.6 Å². The summed E-state index contributed by atoms with van der Waals surface area (Å²) in [6.45, 7) is 2.82. The average molecular weight is 485 g/mol. The van der Waals surface area contributed by atoms with Crippen LogP contribution in [-0.4, -0.2) is 30.9 Å². The minimum Gasteiger partial charge on any atom is -0.478 e. The van der Waals surface area contributed by atoms with Crippen LogP contribution in [0.3, 0.4) is 0 Å². The summed E-state index contributed by atoms with van der Waals surface area (Å²) in [6.07, 6.45) is -5.78. The van der Waals surface area contributed by atoms with Gasteiger partial charge in [0.25, 0.3) is 0 Å². The van der Waals surface area contributed by atoms with Crippen molar-refractivity contribution in [1.29, 1.82) is 5.26 Å². The minimum atomic E-state index is -4.65. The third kappa shape index (κ3) is 3.95.